The second-order valence-corrected chi connectivity index (χ2v) is 13.4. The van der Waals surface area contributed by atoms with E-state index in [2.05, 4.69) is 26.3 Å². The van der Waals surface area contributed by atoms with Gasteiger partial charge in [-0.1, -0.05) is 85.0 Å². The van der Waals surface area contributed by atoms with Gasteiger partial charge in [0.2, 0.25) is 10.8 Å². The van der Waals surface area contributed by atoms with Crippen molar-refractivity contribution in [2.75, 3.05) is 0 Å². The molecule has 0 spiro atoms. The van der Waals surface area contributed by atoms with Crippen molar-refractivity contribution in [1.29, 1.82) is 0 Å². The SMILES string of the molecule is C=CCc1cc(C(c2ccc(C)c(CC=C)c2)(C(F)(F)F)C(F)(F)F)ccc1C.C=CCc1cc(C(c2ccc(O)c(CC=C)c2)(C(F)(F)F)C(F)(F)F)ccc1O. The third-order valence-electron chi connectivity index (χ3n) is 9.75. The van der Waals surface area contributed by atoms with Crippen molar-refractivity contribution in [3.8, 4) is 11.5 Å². The highest BCUT2D eigenvalue weighted by molar-refractivity contribution is 5.52. The van der Waals surface area contributed by atoms with Crippen molar-refractivity contribution < 1.29 is 62.9 Å². The van der Waals surface area contributed by atoms with Gasteiger partial charge in [0, 0.05) is 0 Å². The van der Waals surface area contributed by atoms with E-state index < -0.39 is 69.3 Å². The summed E-state index contributed by atoms with van der Waals surface area (Å²) in [6.07, 6.45) is -17.2. The number of alkyl halides is 12. The van der Waals surface area contributed by atoms with Crippen LogP contribution in [0.5, 0.6) is 11.5 Å². The number of rotatable bonds is 12. The van der Waals surface area contributed by atoms with Gasteiger partial charge in [0.1, 0.15) is 11.5 Å². The monoisotopic (exact) mass is 828 g/mol. The molecule has 0 bridgehead atoms. The lowest BCUT2D eigenvalue weighted by Gasteiger charge is -2.39. The molecule has 0 aliphatic heterocycles. The molecule has 312 valence electrons. The zero-order chi connectivity index (χ0) is 44.1. The fourth-order valence-electron chi connectivity index (χ4n) is 6.80. The number of hydrogen-bond acceptors (Lipinski definition) is 2. The Balaban J connectivity index is 0.000000310. The third-order valence-corrected chi connectivity index (χ3v) is 9.75. The van der Waals surface area contributed by atoms with Crippen molar-refractivity contribution in [2.24, 2.45) is 0 Å². The van der Waals surface area contributed by atoms with E-state index in [0.29, 0.717) is 46.5 Å². The van der Waals surface area contributed by atoms with Crippen LogP contribution in [-0.2, 0) is 36.5 Å². The maximum absolute atomic E-state index is 14.3. The van der Waals surface area contributed by atoms with E-state index in [0.717, 1.165) is 36.4 Å². The predicted molar refractivity (Wildman–Crippen MR) is 200 cm³/mol. The van der Waals surface area contributed by atoms with Crippen molar-refractivity contribution in [3.05, 3.63) is 179 Å². The van der Waals surface area contributed by atoms with Gasteiger partial charge in [0.25, 0.3) is 0 Å². The molecule has 0 aliphatic carbocycles. The average Bonchev–Trinajstić information content (AvgIpc) is 3.09. The largest absolute Gasteiger partial charge is 0.508 e. The van der Waals surface area contributed by atoms with Gasteiger partial charge in [0.05, 0.1) is 0 Å². The van der Waals surface area contributed by atoms with E-state index in [4.69, 9.17) is 0 Å². The molecule has 0 unspecified atom stereocenters. The first-order valence-corrected chi connectivity index (χ1v) is 17.3. The molecule has 0 heterocycles. The minimum Gasteiger partial charge on any atom is -0.508 e. The van der Waals surface area contributed by atoms with Crippen LogP contribution in [0.25, 0.3) is 0 Å². The van der Waals surface area contributed by atoms with E-state index in [-0.39, 0.29) is 36.8 Å². The summed E-state index contributed by atoms with van der Waals surface area (Å²) < 4.78 is 171. The molecule has 0 fully saturated rings. The lowest BCUT2D eigenvalue weighted by Crippen LogP contribution is -2.54. The zero-order valence-corrected chi connectivity index (χ0v) is 31.3. The highest BCUT2D eigenvalue weighted by Gasteiger charge is 2.73. The van der Waals surface area contributed by atoms with Gasteiger partial charge in [-0.25, -0.2) is 0 Å². The van der Waals surface area contributed by atoms with Crippen molar-refractivity contribution in [2.45, 2.75) is 75.1 Å². The molecule has 0 radical (unpaired) electrons. The fraction of sp³-hybridized carbons (Fsp3) is 0.273. The van der Waals surface area contributed by atoms with Gasteiger partial charge in [0.15, 0.2) is 0 Å². The Hall–Kier alpha value is -5.40. The average molecular weight is 829 g/mol. The minimum atomic E-state index is -5.77. The lowest BCUT2D eigenvalue weighted by molar-refractivity contribution is -0.290. The molecule has 4 aromatic carbocycles. The Morgan fingerprint density at radius 1 is 0.397 bits per heavy atom. The molecular formula is C44H40F12O2. The summed E-state index contributed by atoms with van der Waals surface area (Å²) >= 11 is 0. The first kappa shape index (κ1) is 47.0. The third kappa shape index (κ3) is 8.85. The molecule has 58 heavy (non-hydrogen) atoms. The van der Waals surface area contributed by atoms with Crippen LogP contribution >= 0.6 is 0 Å². The van der Waals surface area contributed by atoms with Crippen LogP contribution < -0.4 is 0 Å². The van der Waals surface area contributed by atoms with E-state index in [9.17, 15) is 62.9 Å². The first-order valence-electron chi connectivity index (χ1n) is 17.3. The number of phenols is 2. The van der Waals surface area contributed by atoms with Crippen LogP contribution in [0.3, 0.4) is 0 Å². The van der Waals surface area contributed by atoms with Gasteiger partial charge in [-0.05, 0) is 107 Å². The highest BCUT2D eigenvalue weighted by atomic mass is 19.4. The Bertz CT molecular complexity index is 1820. The van der Waals surface area contributed by atoms with E-state index in [1.807, 2.05) is 0 Å². The number of halogens is 12. The smallest absolute Gasteiger partial charge is 0.411 e. The van der Waals surface area contributed by atoms with Crippen LogP contribution in [0, 0.1) is 13.8 Å². The maximum atomic E-state index is 14.3. The Morgan fingerprint density at radius 3 is 0.862 bits per heavy atom. The zero-order valence-electron chi connectivity index (χ0n) is 31.3. The summed E-state index contributed by atoms with van der Waals surface area (Å²) in [5.41, 5.74) is -10.7. The minimum absolute atomic E-state index is 0.122. The summed E-state index contributed by atoms with van der Waals surface area (Å²) in [5.74, 6) is -0.880. The molecular weight excluding hydrogens is 788 g/mol. The molecule has 2 nitrogen and oxygen atoms in total. The van der Waals surface area contributed by atoms with Crippen molar-refractivity contribution in [3.63, 3.8) is 0 Å². The normalized spacial score (nSPS) is 12.7. The quantitative estimate of drug-likeness (QED) is 0.110. The number of aromatic hydroxyl groups is 2. The highest BCUT2D eigenvalue weighted by Crippen LogP contribution is 2.58. The topological polar surface area (TPSA) is 40.5 Å². The maximum Gasteiger partial charge on any atom is 0.411 e. The van der Waals surface area contributed by atoms with Crippen molar-refractivity contribution in [1.82, 2.24) is 0 Å². The Morgan fingerprint density at radius 2 is 0.621 bits per heavy atom. The summed E-state index contributed by atoms with van der Waals surface area (Å²) in [6, 6.07) is 10.5. The van der Waals surface area contributed by atoms with Gasteiger partial charge in [-0.15, -0.1) is 26.3 Å². The van der Waals surface area contributed by atoms with Crippen LogP contribution in [-0.4, -0.2) is 34.9 Å². The van der Waals surface area contributed by atoms with Gasteiger partial charge < -0.3 is 10.2 Å². The second-order valence-electron chi connectivity index (χ2n) is 13.4. The van der Waals surface area contributed by atoms with E-state index >= 15 is 0 Å². The molecule has 0 aromatic heterocycles. The van der Waals surface area contributed by atoms with Gasteiger partial charge in [-0.2, -0.15) is 52.7 Å². The number of phenolic OH excluding ortho intramolecular Hbond substituents is 2. The standard InChI is InChI=1S/C23H22F6.C21H18F6O2/c1-5-7-17-13-19(11-9-15(17)3)21(22(24,25)26,23(27,28)29)20-12-10-16(4)18(14-20)8-6-2;1-3-5-13-11-15(7-9-17(13)28)19(20(22,23)24,21(25,26)27)16-8-10-18(29)14(12-16)6-4-2/h5-6,9-14H,1-2,7-8H2,3-4H3;3-4,7-12,28-29H,1-2,5-6H2. The molecule has 14 heteroatoms. The second kappa shape index (κ2) is 17.6. The van der Waals surface area contributed by atoms with Crippen LogP contribution in [0.4, 0.5) is 52.7 Å². The molecule has 0 amide bonds. The summed E-state index contributed by atoms with van der Waals surface area (Å²) in [7, 11) is 0. The first-order chi connectivity index (χ1) is 26.8. The molecule has 2 N–H and O–H groups in total. The number of allylic oxidation sites excluding steroid dienone is 4. The lowest BCUT2D eigenvalue weighted by atomic mass is 9.71. The molecule has 0 aliphatic rings. The molecule has 0 atom stereocenters. The fourth-order valence-corrected chi connectivity index (χ4v) is 6.80. The summed E-state index contributed by atoms with van der Waals surface area (Å²) in [6.45, 7) is 17.1. The van der Waals surface area contributed by atoms with Crippen LogP contribution in [0.1, 0.15) is 55.6 Å². The summed E-state index contributed by atoms with van der Waals surface area (Å²) in [4.78, 5) is 0. The van der Waals surface area contributed by atoms with Crippen molar-refractivity contribution >= 4 is 0 Å². The Kier molecular flexibility index (Phi) is 14.3. The van der Waals surface area contributed by atoms with E-state index in [1.165, 1.54) is 36.4 Å². The molecule has 4 aromatic rings. The van der Waals surface area contributed by atoms with E-state index in [1.54, 1.807) is 13.8 Å². The molecule has 0 saturated carbocycles. The summed E-state index contributed by atoms with van der Waals surface area (Å²) in [5, 5.41) is 19.6. The van der Waals surface area contributed by atoms with Gasteiger partial charge >= 0.3 is 24.7 Å². The predicted octanol–water partition coefficient (Wildman–Crippen LogP) is 13.1. The number of aryl methyl sites for hydroxylation is 2. The molecule has 0 saturated heterocycles. The van der Waals surface area contributed by atoms with Gasteiger partial charge in [-0.3, -0.25) is 0 Å². The molecule has 4 rings (SSSR count). The van der Waals surface area contributed by atoms with Crippen LogP contribution in [0.2, 0.25) is 0 Å². The number of benzene rings is 4. The Labute approximate surface area is 328 Å². The van der Waals surface area contributed by atoms with Crippen LogP contribution in [0.15, 0.2) is 123 Å². The number of hydrogen-bond donors (Lipinski definition) is 2.